The van der Waals surface area contributed by atoms with Crippen molar-refractivity contribution in [3.8, 4) is 5.75 Å². The molecule has 0 unspecified atom stereocenters. The maximum atomic E-state index is 12.4. The first kappa shape index (κ1) is 19.2. The van der Waals surface area contributed by atoms with Crippen molar-refractivity contribution in [3.05, 3.63) is 84.4 Å². The first-order valence-corrected chi connectivity index (χ1v) is 9.48. The molecule has 7 nitrogen and oxygen atoms in total. The fourth-order valence-corrected chi connectivity index (χ4v) is 3.05. The molecular weight excluding hydrogens is 378 g/mol. The summed E-state index contributed by atoms with van der Waals surface area (Å²) >= 11 is 0. The summed E-state index contributed by atoms with van der Waals surface area (Å²) in [7, 11) is 1.59. The predicted molar refractivity (Wildman–Crippen MR) is 119 cm³/mol. The zero-order chi connectivity index (χ0) is 20.8. The van der Waals surface area contributed by atoms with Crippen molar-refractivity contribution < 1.29 is 9.53 Å². The van der Waals surface area contributed by atoms with Crippen molar-refractivity contribution in [2.24, 2.45) is 0 Å². The monoisotopic (exact) mass is 399 g/mol. The second-order valence-corrected chi connectivity index (χ2v) is 6.54. The van der Waals surface area contributed by atoms with Crippen LogP contribution in [0.5, 0.6) is 5.75 Å². The number of hydrogen-bond acceptors (Lipinski definition) is 5. The minimum absolute atomic E-state index is 0.177. The van der Waals surface area contributed by atoms with Crippen molar-refractivity contribution in [1.82, 2.24) is 9.97 Å². The molecule has 4 rings (SSSR count). The van der Waals surface area contributed by atoms with E-state index in [1.54, 1.807) is 19.2 Å². The number of urea groups is 1. The number of carbonyl (C=O) groups excluding carboxylic acids is 1. The highest BCUT2D eigenvalue weighted by atomic mass is 16.5. The summed E-state index contributed by atoms with van der Waals surface area (Å²) in [5.74, 6) is 1.39. The van der Waals surface area contributed by atoms with Crippen LogP contribution in [0, 0.1) is 0 Å². The summed E-state index contributed by atoms with van der Waals surface area (Å²) in [5.41, 5.74) is 2.40. The first-order chi connectivity index (χ1) is 14.7. The van der Waals surface area contributed by atoms with E-state index < -0.39 is 6.03 Å². The molecule has 7 heteroatoms. The SMILES string of the molecule is COc1cccc2c(NCc3ccccc3)nc(NC(=O)Nc3ccccc3)nc12. The summed E-state index contributed by atoms with van der Waals surface area (Å²) in [6.45, 7) is 0.583. The third kappa shape index (κ3) is 4.47. The van der Waals surface area contributed by atoms with Gasteiger partial charge in [0.1, 0.15) is 17.1 Å². The normalized spacial score (nSPS) is 10.4. The average Bonchev–Trinajstić information content (AvgIpc) is 2.78. The van der Waals surface area contributed by atoms with Gasteiger partial charge in [0, 0.05) is 17.6 Å². The van der Waals surface area contributed by atoms with Gasteiger partial charge < -0.3 is 15.4 Å². The Morgan fingerprint density at radius 3 is 2.33 bits per heavy atom. The highest BCUT2D eigenvalue weighted by Crippen LogP contribution is 2.29. The molecule has 0 saturated carbocycles. The molecule has 1 heterocycles. The van der Waals surface area contributed by atoms with Gasteiger partial charge in [-0.1, -0.05) is 54.6 Å². The van der Waals surface area contributed by atoms with Crippen LogP contribution in [-0.4, -0.2) is 23.1 Å². The lowest BCUT2D eigenvalue weighted by Gasteiger charge is -2.13. The molecule has 3 aromatic carbocycles. The molecule has 0 aliphatic rings. The quantitative estimate of drug-likeness (QED) is 0.429. The topological polar surface area (TPSA) is 88.2 Å². The zero-order valence-electron chi connectivity index (χ0n) is 16.4. The molecular formula is C23H21N5O2. The number of amides is 2. The van der Waals surface area contributed by atoms with Gasteiger partial charge in [0.2, 0.25) is 5.95 Å². The Labute approximate surface area is 174 Å². The lowest BCUT2D eigenvalue weighted by Crippen LogP contribution is -2.21. The van der Waals surface area contributed by atoms with Crippen molar-refractivity contribution in [2.75, 3.05) is 23.1 Å². The molecule has 30 heavy (non-hydrogen) atoms. The lowest BCUT2D eigenvalue weighted by atomic mass is 10.2. The number of nitrogens with zero attached hydrogens (tertiary/aromatic N) is 2. The number of rotatable bonds is 6. The van der Waals surface area contributed by atoms with Gasteiger partial charge in [0.25, 0.3) is 0 Å². The Morgan fingerprint density at radius 2 is 1.60 bits per heavy atom. The molecule has 0 spiro atoms. The van der Waals surface area contributed by atoms with Gasteiger partial charge in [-0.3, -0.25) is 5.32 Å². The van der Waals surface area contributed by atoms with Gasteiger partial charge in [-0.15, -0.1) is 0 Å². The van der Waals surface area contributed by atoms with Crippen LogP contribution >= 0.6 is 0 Å². The van der Waals surface area contributed by atoms with Gasteiger partial charge in [0.05, 0.1) is 7.11 Å². The van der Waals surface area contributed by atoms with Gasteiger partial charge in [-0.25, -0.2) is 9.78 Å². The highest BCUT2D eigenvalue weighted by Gasteiger charge is 2.13. The third-order valence-corrected chi connectivity index (χ3v) is 4.47. The number of nitrogens with one attached hydrogen (secondary N) is 3. The van der Waals surface area contributed by atoms with Crippen molar-refractivity contribution in [3.63, 3.8) is 0 Å². The number of anilines is 3. The predicted octanol–water partition coefficient (Wildman–Crippen LogP) is 4.89. The summed E-state index contributed by atoms with van der Waals surface area (Å²) in [5, 5.41) is 9.61. The Kier molecular flexibility index (Phi) is 5.70. The number of fused-ring (bicyclic) bond motifs is 1. The largest absolute Gasteiger partial charge is 0.494 e. The van der Waals surface area contributed by atoms with Gasteiger partial charge in [0.15, 0.2) is 0 Å². The Bertz CT molecular complexity index is 1150. The van der Waals surface area contributed by atoms with Crippen LogP contribution in [0.4, 0.5) is 22.2 Å². The molecule has 2 amide bonds. The smallest absolute Gasteiger partial charge is 0.326 e. The van der Waals surface area contributed by atoms with E-state index in [0.717, 1.165) is 10.9 Å². The average molecular weight is 399 g/mol. The Hall–Kier alpha value is -4.13. The van der Waals surface area contributed by atoms with Crippen molar-refractivity contribution in [2.45, 2.75) is 6.54 Å². The molecule has 0 bridgehead atoms. The number of para-hydroxylation sites is 2. The molecule has 0 atom stereocenters. The number of methoxy groups -OCH3 is 1. The molecule has 0 aliphatic heterocycles. The molecule has 1 aromatic heterocycles. The van der Waals surface area contributed by atoms with E-state index in [4.69, 9.17) is 4.74 Å². The molecule has 150 valence electrons. The Morgan fingerprint density at radius 1 is 0.867 bits per heavy atom. The number of aromatic nitrogens is 2. The van der Waals surface area contributed by atoms with Crippen LogP contribution in [0.2, 0.25) is 0 Å². The zero-order valence-corrected chi connectivity index (χ0v) is 16.4. The maximum Gasteiger partial charge on any atom is 0.326 e. The second-order valence-electron chi connectivity index (χ2n) is 6.54. The molecule has 0 radical (unpaired) electrons. The standard InChI is InChI=1S/C23H21N5O2/c1-30-19-14-8-13-18-20(19)26-22(28-23(29)25-17-11-6-3-7-12-17)27-21(18)24-15-16-9-4-2-5-10-16/h2-14H,15H2,1H3,(H3,24,25,26,27,28,29). The minimum Gasteiger partial charge on any atom is -0.494 e. The number of carbonyl (C=O) groups is 1. The van der Waals surface area contributed by atoms with Gasteiger partial charge in [-0.05, 0) is 29.8 Å². The van der Waals surface area contributed by atoms with Crippen LogP contribution in [0.1, 0.15) is 5.56 Å². The number of hydrogen-bond donors (Lipinski definition) is 3. The molecule has 0 saturated heterocycles. The number of benzene rings is 3. The van der Waals surface area contributed by atoms with Crippen LogP contribution in [0.15, 0.2) is 78.9 Å². The summed E-state index contributed by atoms with van der Waals surface area (Å²) in [6, 6.07) is 24.4. The van der Waals surface area contributed by atoms with E-state index in [2.05, 4.69) is 25.9 Å². The third-order valence-electron chi connectivity index (χ3n) is 4.47. The van der Waals surface area contributed by atoms with Gasteiger partial charge >= 0.3 is 6.03 Å². The molecule has 0 aliphatic carbocycles. The van der Waals surface area contributed by atoms with E-state index >= 15 is 0 Å². The van der Waals surface area contributed by atoms with E-state index in [1.165, 1.54) is 0 Å². The Balaban J connectivity index is 1.63. The fourth-order valence-electron chi connectivity index (χ4n) is 3.05. The second kappa shape index (κ2) is 8.91. The maximum absolute atomic E-state index is 12.4. The number of ether oxygens (including phenoxy) is 1. The summed E-state index contributed by atoms with van der Waals surface area (Å²) in [4.78, 5) is 21.4. The van der Waals surface area contributed by atoms with E-state index in [9.17, 15) is 4.79 Å². The molecule has 4 aromatic rings. The van der Waals surface area contributed by atoms with Crippen molar-refractivity contribution in [1.29, 1.82) is 0 Å². The van der Waals surface area contributed by atoms with Crippen LogP contribution < -0.4 is 20.7 Å². The van der Waals surface area contributed by atoms with Crippen LogP contribution in [-0.2, 0) is 6.54 Å². The van der Waals surface area contributed by atoms with Crippen LogP contribution in [0.3, 0.4) is 0 Å². The highest BCUT2D eigenvalue weighted by molar-refractivity contribution is 6.00. The van der Waals surface area contributed by atoms with E-state index in [0.29, 0.717) is 29.3 Å². The van der Waals surface area contributed by atoms with Crippen molar-refractivity contribution >= 4 is 34.4 Å². The summed E-state index contributed by atoms with van der Waals surface area (Å²) in [6.07, 6.45) is 0. The van der Waals surface area contributed by atoms with E-state index in [-0.39, 0.29) is 5.95 Å². The summed E-state index contributed by atoms with van der Waals surface area (Å²) < 4.78 is 5.45. The van der Waals surface area contributed by atoms with E-state index in [1.807, 2.05) is 66.7 Å². The first-order valence-electron chi connectivity index (χ1n) is 9.48. The van der Waals surface area contributed by atoms with Gasteiger partial charge in [-0.2, -0.15) is 4.98 Å². The van der Waals surface area contributed by atoms with Crippen LogP contribution in [0.25, 0.3) is 10.9 Å². The fraction of sp³-hybridized carbons (Fsp3) is 0.0870. The minimum atomic E-state index is -0.426. The molecule has 0 fully saturated rings. The molecule has 3 N–H and O–H groups in total. The lowest BCUT2D eigenvalue weighted by molar-refractivity contribution is 0.262.